The Morgan fingerprint density at radius 3 is 2.81 bits per heavy atom. The summed E-state index contributed by atoms with van der Waals surface area (Å²) in [6, 6.07) is 11.9. The van der Waals surface area contributed by atoms with Crippen molar-refractivity contribution in [3.05, 3.63) is 54.0 Å². The number of methoxy groups -OCH3 is 1. The summed E-state index contributed by atoms with van der Waals surface area (Å²) in [6.07, 6.45) is 5.02. The highest BCUT2D eigenvalue weighted by Gasteiger charge is 2.15. The average molecular weight is 357 g/mol. The molecule has 0 aliphatic carbocycles. The van der Waals surface area contributed by atoms with Gasteiger partial charge in [-0.05, 0) is 42.7 Å². The number of guanidine groups is 1. The number of nitrogens with one attached hydrogen (secondary N) is 2. The van der Waals surface area contributed by atoms with Gasteiger partial charge in [-0.2, -0.15) is 0 Å². The van der Waals surface area contributed by atoms with Crippen molar-refractivity contribution in [3.8, 4) is 5.75 Å². The topological polar surface area (TPSA) is 68.0 Å². The number of nitrogens with zero attached hydrogens (tertiary/aromatic N) is 1. The third-order valence-electron chi connectivity index (χ3n) is 4.34. The molecule has 6 heteroatoms. The lowest BCUT2D eigenvalue weighted by atomic mass is 10.2. The lowest BCUT2D eigenvalue weighted by molar-refractivity contribution is 0.114. The molecule has 140 valence electrons. The van der Waals surface area contributed by atoms with E-state index in [1.807, 2.05) is 36.4 Å². The monoisotopic (exact) mass is 357 g/mol. The summed E-state index contributed by atoms with van der Waals surface area (Å²) in [6.45, 7) is 2.99. The minimum atomic E-state index is 0.271. The molecule has 1 aromatic heterocycles. The molecule has 1 aliphatic rings. The van der Waals surface area contributed by atoms with Crippen LogP contribution >= 0.6 is 0 Å². The largest absolute Gasteiger partial charge is 0.497 e. The van der Waals surface area contributed by atoms with E-state index in [4.69, 9.17) is 18.9 Å². The number of aliphatic imine (C=N–C) groups is 1. The standard InChI is InChI=1S/C20H27N3O3/c1-24-17-8-6-16(7-9-17)14-22-20(23-15-19-5-3-13-26-19)21-11-10-18-4-2-12-25-18/h2,4,6-9,12,19H,3,5,10-11,13-15H2,1H3,(H2,21,22,23). The fourth-order valence-corrected chi connectivity index (χ4v) is 2.85. The second-order valence-electron chi connectivity index (χ2n) is 6.28. The molecule has 2 aromatic rings. The average Bonchev–Trinajstić information content (AvgIpc) is 3.38. The first-order valence-corrected chi connectivity index (χ1v) is 9.12. The molecule has 0 radical (unpaired) electrons. The van der Waals surface area contributed by atoms with Crippen LogP contribution in [-0.4, -0.2) is 38.9 Å². The highest BCUT2D eigenvalue weighted by molar-refractivity contribution is 5.79. The molecule has 2 N–H and O–H groups in total. The van der Waals surface area contributed by atoms with Crippen LogP contribution in [0, 0.1) is 0 Å². The van der Waals surface area contributed by atoms with Crippen molar-refractivity contribution < 1.29 is 13.9 Å². The number of ether oxygens (including phenoxy) is 2. The van der Waals surface area contributed by atoms with E-state index < -0.39 is 0 Å². The predicted octanol–water partition coefficient (Wildman–Crippen LogP) is 2.75. The summed E-state index contributed by atoms with van der Waals surface area (Å²) in [5, 5.41) is 6.77. The first-order valence-electron chi connectivity index (χ1n) is 9.12. The van der Waals surface area contributed by atoms with E-state index >= 15 is 0 Å². The van der Waals surface area contributed by atoms with Crippen LogP contribution in [0.1, 0.15) is 24.2 Å². The van der Waals surface area contributed by atoms with Gasteiger partial charge >= 0.3 is 0 Å². The molecule has 2 heterocycles. The number of hydrogen-bond acceptors (Lipinski definition) is 4. The summed E-state index contributed by atoms with van der Waals surface area (Å²) in [7, 11) is 1.67. The summed E-state index contributed by atoms with van der Waals surface area (Å²) in [4.78, 5) is 4.70. The number of benzene rings is 1. The van der Waals surface area contributed by atoms with Crippen molar-refractivity contribution in [2.75, 3.05) is 26.8 Å². The predicted molar refractivity (Wildman–Crippen MR) is 102 cm³/mol. The van der Waals surface area contributed by atoms with Crippen molar-refractivity contribution in [2.24, 2.45) is 4.99 Å². The second kappa shape index (κ2) is 9.87. The highest BCUT2D eigenvalue weighted by Crippen LogP contribution is 2.12. The molecule has 0 spiro atoms. The lowest BCUT2D eigenvalue weighted by Crippen LogP contribution is -2.41. The molecule has 1 aromatic carbocycles. The first-order chi connectivity index (χ1) is 12.8. The van der Waals surface area contributed by atoms with E-state index in [-0.39, 0.29) is 6.10 Å². The van der Waals surface area contributed by atoms with Gasteiger partial charge in [0.2, 0.25) is 0 Å². The van der Waals surface area contributed by atoms with E-state index in [9.17, 15) is 0 Å². The molecular weight excluding hydrogens is 330 g/mol. The van der Waals surface area contributed by atoms with E-state index in [2.05, 4.69) is 10.6 Å². The van der Waals surface area contributed by atoms with Gasteiger partial charge in [0.25, 0.3) is 0 Å². The van der Waals surface area contributed by atoms with Crippen molar-refractivity contribution in [1.29, 1.82) is 0 Å². The summed E-state index contributed by atoms with van der Waals surface area (Å²) >= 11 is 0. The highest BCUT2D eigenvalue weighted by atomic mass is 16.5. The molecule has 1 saturated heterocycles. The number of rotatable bonds is 8. The Hall–Kier alpha value is -2.47. The van der Waals surface area contributed by atoms with Crippen LogP contribution in [0.2, 0.25) is 0 Å². The zero-order valence-corrected chi connectivity index (χ0v) is 15.2. The Bertz CT molecular complexity index is 662. The van der Waals surface area contributed by atoms with Crippen molar-refractivity contribution in [1.82, 2.24) is 10.6 Å². The van der Waals surface area contributed by atoms with Gasteiger partial charge in [0, 0.05) is 26.1 Å². The van der Waals surface area contributed by atoms with Gasteiger partial charge in [-0.3, -0.25) is 0 Å². The number of hydrogen-bond donors (Lipinski definition) is 2. The van der Waals surface area contributed by atoms with Crippen LogP contribution in [0.4, 0.5) is 0 Å². The Kier molecular flexibility index (Phi) is 6.96. The third-order valence-corrected chi connectivity index (χ3v) is 4.34. The maximum absolute atomic E-state index is 5.68. The molecule has 0 bridgehead atoms. The Labute approximate surface area is 154 Å². The summed E-state index contributed by atoms with van der Waals surface area (Å²) in [5.41, 5.74) is 1.13. The van der Waals surface area contributed by atoms with Gasteiger partial charge in [0.1, 0.15) is 11.5 Å². The zero-order valence-electron chi connectivity index (χ0n) is 15.2. The number of furan rings is 1. The smallest absolute Gasteiger partial charge is 0.191 e. The lowest BCUT2D eigenvalue weighted by Gasteiger charge is -2.15. The van der Waals surface area contributed by atoms with Gasteiger partial charge < -0.3 is 24.5 Å². The molecule has 1 fully saturated rings. The van der Waals surface area contributed by atoms with Crippen LogP contribution in [0.3, 0.4) is 0 Å². The Morgan fingerprint density at radius 1 is 1.23 bits per heavy atom. The van der Waals surface area contributed by atoms with Crippen LogP contribution in [0.15, 0.2) is 52.1 Å². The van der Waals surface area contributed by atoms with E-state index in [0.29, 0.717) is 6.54 Å². The van der Waals surface area contributed by atoms with Gasteiger partial charge in [-0.15, -0.1) is 0 Å². The molecule has 26 heavy (non-hydrogen) atoms. The fourth-order valence-electron chi connectivity index (χ4n) is 2.85. The Morgan fingerprint density at radius 2 is 2.12 bits per heavy atom. The molecule has 1 unspecified atom stereocenters. The maximum atomic E-state index is 5.68. The van der Waals surface area contributed by atoms with Crippen LogP contribution in [0.5, 0.6) is 5.75 Å². The SMILES string of the molecule is COc1ccc(CN=C(NCCc2ccco2)NCC2CCCO2)cc1. The molecule has 1 aliphatic heterocycles. The molecule has 6 nitrogen and oxygen atoms in total. The van der Waals surface area contributed by atoms with Gasteiger partial charge in [-0.25, -0.2) is 4.99 Å². The molecule has 3 rings (SSSR count). The van der Waals surface area contributed by atoms with Crippen LogP contribution in [-0.2, 0) is 17.7 Å². The maximum Gasteiger partial charge on any atom is 0.191 e. The van der Waals surface area contributed by atoms with E-state index in [1.165, 1.54) is 0 Å². The fraction of sp³-hybridized carbons (Fsp3) is 0.450. The quantitative estimate of drug-likeness (QED) is 0.562. The minimum absolute atomic E-state index is 0.271. The van der Waals surface area contributed by atoms with Crippen LogP contribution in [0.25, 0.3) is 0 Å². The van der Waals surface area contributed by atoms with E-state index in [0.717, 1.165) is 62.0 Å². The van der Waals surface area contributed by atoms with Gasteiger partial charge in [0.15, 0.2) is 5.96 Å². The first kappa shape index (κ1) is 18.3. The molecule has 1 atom stereocenters. The van der Waals surface area contributed by atoms with Gasteiger partial charge in [0.05, 0.1) is 26.0 Å². The molecular formula is C20H27N3O3. The normalized spacial score (nSPS) is 17.3. The summed E-state index contributed by atoms with van der Waals surface area (Å²) < 4.78 is 16.3. The van der Waals surface area contributed by atoms with Crippen molar-refractivity contribution >= 4 is 5.96 Å². The van der Waals surface area contributed by atoms with Crippen molar-refractivity contribution in [3.63, 3.8) is 0 Å². The second-order valence-corrected chi connectivity index (χ2v) is 6.28. The summed E-state index contributed by atoms with van der Waals surface area (Å²) in [5.74, 6) is 2.61. The molecule has 0 saturated carbocycles. The zero-order chi connectivity index (χ0) is 18.0. The van der Waals surface area contributed by atoms with Crippen LogP contribution < -0.4 is 15.4 Å². The Balaban J connectivity index is 1.54. The molecule has 0 amide bonds. The van der Waals surface area contributed by atoms with Gasteiger partial charge in [-0.1, -0.05) is 12.1 Å². The van der Waals surface area contributed by atoms with E-state index in [1.54, 1.807) is 13.4 Å². The third kappa shape index (κ3) is 5.81. The van der Waals surface area contributed by atoms with Crippen molar-refractivity contribution in [2.45, 2.75) is 31.9 Å². The minimum Gasteiger partial charge on any atom is -0.497 e.